The van der Waals surface area contributed by atoms with E-state index in [4.69, 9.17) is 0 Å². The van der Waals surface area contributed by atoms with Crippen LogP contribution in [-0.2, 0) is 4.79 Å². The summed E-state index contributed by atoms with van der Waals surface area (Å²) in [4.78, 5) is 26.2. The minimum absolute atomic E-state index is 0.0356. The molecule has 0 spiro atoms. The van der Waals surface area contributed by atoms with E-state index in [1.54, 1.807) is 23.6 Å². The van der Waals surface area contributed by atoms with Gasteiger partial charge in [0, 0.05) is 30.5 Å². The van der Waals surface area contributed by atoms with Crippen molar-refractivity contribution in [3.63, 3.8) is 0 Å². The summed E-state index contributed by atoms with van der Waals surface area (Å²) >= 11 is 1.48. The highest BCUT2D eigenvalue weighted by Gasteiger charge is 2.29. The van der Waals surface area contributed by atoms with Crippen LogP contribution in [0.5, 0.6) is 0 Å². The number of hydrogen-bond donors (Lipinski definition) is 1. The predicted molar refractivity (Wildman–Crippen MR) is 96.0 cm³/mol. The minimum Gasteiger partial charge on any atom is -0.352 e. The number of likely N-dealkylation sites (tertiary alicyclic amines) is 1. The number of benzene rings is 1. The molecule has 0 saturated carbocycles. The summed E-state index contributed by atoms with van der Waals surface area (Å²) in [7, 11) is 0. The van der Waals surface area contributed by atoms with Gasteiger partial charge in [-0.2, -0.15) is 11.3 Å². The molecule has 1 N–H and O–H groups in total. The van der Waals surface area contributed by atoms with Gasteiger partial charge in [0.15, 0.2) is 0 Å². The minimum atomic E-state index is -0.263. The number of carbonyl (C=O) groups is 2. The number of halogens is 1. The monoisotopic (exact) mass is 360 g/mol. The molecule has 2 heterocycles. The molecule has 25 heavy (non-hydrogen) atoms. The Morgan fingerprint density at radius 3 is 2.76 bits per heavy atom. The van der Waals surface area contributed by atoms with E-state index in [2.05, 4.69) is 5.32 Å². The number of amides is 2. The molecule has 132 valence electrons. The topological polar surface area (TPSA) is 49.4 Å². The first-order valence-electron chi connectivity index (χ1n) is 8.50. The van der Waals surface area contributed by atoms with Gasteiger partial charge in [-0.05, 0) is 48.4 Å². The lowest BCUT2D eigenvalue weighted by Gasteiger charge is -2.25. The maximum Gasteiger partial charge on any atom is 0.252 e. The van der Waals surface area contributed by atoms with Crippen molar-refractivity contribution in [3.8, 4) is 0 Å². The molecular weight excluding hydrogens is 339 g/mol. The van der Waals surface area contributed by atoms with Crippen LogP contribution < -0.4 is 5.32 Å². The van der Waals surface area contributed by atoms with E-state index in [-0.39, 0.29) is 23.7 Å². The lowest BCUT2D eigenvalue weighted by Crippen LogP contribution is -2.31. The maximum atomic E-state index is 13.1. The fraction of sp³-hybridized carbons (Fsp3) is 0.368. The van der Waals surface area contributed by atoms with E-state index in [9.17, 15) is 14.0 Å². The quantitative estimate of drug-likeness (QED) is 0.798. The van der Waals surface area contributed by atoms with Crippen LogP contribution in [-0.4, -0.2) is 29.8 Å². The number of thiophene rings is 1. The zero-order chi connectivity index (χ0) is 17.6. The van der Waals surface area contributed by atoms with Crippen molar-refractivity contribution < 1.29 is 14.0 Å². The molecule has 1 aromatic heterocycles. The van der Waals surface area contributed by atoms with Crippen LogP contribution in [0.2, 0.25) is 0 Å². The maximum absolute atomic E-state index is 13.1. The van der Waals surface area contributed by atoms with Crippen LogP contribution in [0.1, 0.15) is 47.6 Å². The summed E-state index contributed by atoms with van der Waals surface area (Å²) in [6.07, 6.45) is 2.89. The van der Waals surface area contributed by atoms with Crippen LogP contribution in [0, 0.1) is 5.82 Å². The largest absolute Gasteiger partial charge is 0.352 e. The van der Waals surface area contributed by atoms with E-state index >= 15 is 0 Å². The molecule has 1 aliphatic rings. The Kier molecular flexibility index (Phi) is 5.81. The van der Waals surface area contributed by atoms with Crippen molar-refractivity contribution in [3.05, 3.63) is 58.0 Å². The molecule has 4 nitrogen and oxygen atoms in total. The van der Waals surface area contributed by atoms with Gasteiger partial charge < -0.3 is 10.2 Å². The van der Waals surface area contributed by atoms with Crippen LogP contribution in [0.15, 0.2) is 41.1 Å². The third kappa shape index (κ3) is 4.45. The Hall–Kier alpha value is -2.21. The van der Waals surface area contributed by atoms with Gasteiger partial charge in [0.05, 0.1) is 6.04 Å². The van der Waals surface area contributed by atoms with Gasteiger partial charge in [-0.1, -0.05) is 12.1 Å². The molecule has 1 saturated heterocycles. The molecule has 0 bridgehead atoms. The SMILES string of the molecule is O=C(NCCCC(=O)N1CCCC1c1ccc(F)cc1)c1ccsc1. The van der Waals surface area contributed by atoms with Gasteiger partial charge in [-0.3, -0.25) is 9.59 Å². The van der Waals surface area contributed by atoms with E-state index in [0.29, 0.717) is 24.9 Å². The van der Waals surface area contributed by atoms with Gasteiger partial charge >= 0.3 is 0 Å². The Bertz CT molecular complexity index is 716. The Morgan fingerprint density at radius 2 is 2.04 bits per heavy atom. The van der Waals surface area contributed by atoms with Crippen molar-refractivity contribution in [1.82, 2.24) is 10.2 Å². The highest BCUT2D eigenvalue weighted by Crippen LogP contribution is 2.32. The fourth-order valence-corrected chi connectivity index (χ4v) is 3.81. The van der Waals surface area contributed by atoms with E-state index < -0.39 is 0 Å². The highest BCUT2D eigenvalue weighted by atomic mass is 32.1. The summed E-state index contributed by atoms with van der Waals surface area (Å²) in [5, 5.41) is 6.50. The number of rotatable bonds is 6. The Morgan fingerprint density at radius 1 is 1.24 bits per heavy atom. The molecule has 2 amide bonds. The number of nitrogens with zero attached hydrogens (tertiary/aromatic N) is 1. The summed E-state index contributed by atoms with van der Waals surface area (Å²) in [5.41, 5.74) is 1.64. The Labute approximate surface area is 150 Å². The second-order valence-corrected chi connectivity index (χ2v) is 6.95. The molecule has 1 unspecified atom stereocenters. The molecule has 1 aromatic carbocycles. The first-order chi connectivity index (χ1) is 12.1. The normalized spacial score (nSPS) is 16.8. The van der Waals surface area contributed by atoms with Crippen molar-refractivity contribution in [2.75, 3.05) is 13.1 Å². The predicted octanol–water partition coefficient (Wildman–Crippen LogP) is 3.76. The standard InChI is InChI=1S/C19H21FN2O2S/c20-16-7-5-14(6-8-16)17-3-2-11-22(17)18(23)4-1-10-21-19(24)15-9-12-25-13-15/h5-9,12-13,17H,1-4,10-11H2,(H,21,24). The van der Waals surface area contributed by atoms with Gasteiger partial charge in [0.25, 0.3) is 5.91 Å². The molecule has 3 rings (SSSR count). The molecule has 1 aliphatic heterocycles. The van der Waals surface area contributed by atoms with Gasteiger partial charge in [0.2, 0.25) is 5.91 Å². The molecule has 2 aromatic rings. The average Bonchev–Trinajstić information content (AvgIpc) is 3.30. The third-order valence-corrected chi connectivity index (χ3v) is 5.15. The van der Waals surface area contributed by atoms with E-state index in [1.807, 2.05) is 10.3 Å². The van der Waals surface area contributed by atoms with Gasteiger partial charge in [-0.15, -0.1) is 0 Å². The molecule has 1 atom stereocenters. The van der Waals surface area contributed by atoms with E-state index in [1.165, 1.54) is 23.5 Å². The molecule has 0 aliphatic carbocycles. The van der Waals surface area contributed by atoms with E-state index in [0.717, 1.165) is 24.9 Å². The first-order valence-corrected chi connectivity index (χ1v) is 9.45. The second-order valence-electron chi connectivity index (χ2n) is 6.17. The fourth-order valence-electron chi connectivity index (χ4n) is 3.18. The average molecular weight is 360 g/mol. The molecular formula is C19H21FN2O2S. The van der Waals surface area contributed by atoms with Crippen LogP contribution >= 0.6 is 11.3 Å². The zero-order valence-electron chi connectivity index (χ0n) is 13.9. The summed E-state index contributed by atoms with van der Waals surface area (Å²) < 4.78 is 13.1. The second kappa shape index (κ2) is 8.25. The first kappa shape index (κ1) is 17.6. The van der Waals surface area contributed by atoms with Crippen molar-refractivity contribution in [2.24, 2.45) is 0 Å². The molecule has 1 fully saturated rings. The van der Waals surface area contributed by atoms with Crippen LogP contribution in [0.4, 0.5) is 4.39 Å². The van der Waals surface area contributed by atoms with Crippen LogP contribution in [0.25, 0.3) is 0 Å². The lowest BCUT2D eigenvalue weighted by molar-refractivity contribution is -0.132. The number of nitrogens with one attached hydrogen (secondary N) is 1. The van der Waals surface area contributed by atoms with Crippen molar-refractivity contribution in [1.29, 1.82) is 0 Å². The Balaban J connectivity index is 1.47. The van der Waals surface area contributed by atoms with Gasteiger partial charge in [-0.25, -0.2) is 4.39 Å². The van der Waals surface area contributed by atoms with Gasteiger partial charge in [0.1, 0.15) is 5.82 Å². The summed E-state index contributed by atoms with van der Waals surface area (Å²) in [5.74, 6) is -0.267. The summed E-state index contributed by atoms with van der Waals surface area (Å²) in [6.45, 7) is 1.22. The smallest absolute Gasteiger partial charge is 0.252 e. The van der Waals surface area contributed by atoms with Crippen LogP contribution in [0.3, 0.4) is 0 Å². The zero-order valence-corrected chi connectivity index (χ0v) is 14.7. The third-order valence-electron chi connectivity index (χ3n) is 4.46. The summed E-state index contributed by atoms with van der Waals surface area (Å²) in [6, 6.07) is 8.21. The van der Waals surface area contributed by atoms with Crippen molar-refractivity contribution in [2.45, 2.75) is 31.7 Å². The number of carbonyl (C=O) groups excluding carboxylic acids is 2. The number of hydrogen-bond acceptors (Lipinski definition) is 3. The van der Waals surface area contributed by atoms with Crippen molar-refractivity contribution >= 4 is 23.2 Å². The lowest BCUT2D eigenvalue weighted by atomic mass is 10.0. The molecule has 6 heteroatoms. The highest BCUT2D eigenvalue weighted by molar-refractivity contribution is 7.08. The molecule has 0 radical (unpaired) electrons.